The van der Waals surface area contributed by atoms with Crippen molar-refractivity contribution < 1.29 is 24.3 Å². The van der Waals surface area contributed by atoms with E-state index < -0.39 is 23.7 Å². The first kappa shape index (κ1) is 23.6. The van der Waals surface area contributed by atoms with Gasteiger partial charge in [-0.1, -0.05) is 48.6 Å². The van der Waals surface area contributed by atoms with E-state index >= 15 is 0 Å². The highest BCUT2D eigenvalue weighted by Crippen LogP contribution is 2.55. The Bertz CT molecular complexity index is 1510. The number of fused-ring (bicyclic) bond motifs is 3. The number of benzene rings is 2. The summed E-state index contributed by atoms with van der Waals surface area (Å²) in [6.45, 7) is 3.75. The Kier molecular flexibility index (Phi) is 5.49. The van der Waals surface area contributed by atoms with Gasteiger partial charge in [0.2, 0.25) is 11.8 Å². The number of amides is 2. The second-order valence-corrected chi connectivity index (χ2v) is 10.7. The van der Waals surface area contributed by atoms with Crippen molar-refractivity contribution in [3.63, 3.8) is 0 Å². The van der Waals surface area contributed by atoms with Gasteiger partial charge in [-0.05, 0) is 70.1 Å². The van der Waals surface area contributed by atoms with Crippen LogP contribution < -0.4 is 4.90 Å². The number of imide groups is 1. The summed E-state index contributed by atoms with van der Waals surface area (Å²) in [5, 5.41) is 10.2. The summed E-state index contributed by atoms with van der Waals surface area (Å²) in [7, 11) is 0. The molecular weight excluding hydrogens is 534 g/mol. The molecule has 4 atom stereocenters. The molecule has 2 amide bonds. The number of phenols is 1. The van der Waals surface area contributed by atoms with Crippen LogP contribution in [0.4, 0.5) is 5.69 Å². The third-order valence-electron chi connectivity index (χ3n) is 7.92. The van der Waals surface area contributed by atoms with Crippen molar-refractivity contribution in [1.29, 1.82) is 0 Å². The van der Waals surface area contributed by atoms with Gasteiger partial charge in [0.15, 0.2) is 11.6 Å². The van der Waals surface area contributed by atoms with Crippen LogP contribution in [0.3, 0.4) is 0 Å². The Hall–Kier alpha value is -3.84. The lowest BCUT2D eigenvalue weighted by atomic mass is 9.59. The maximum atomic E-state index is 13.9. The number of anilines is 1. The lowest BCUT2D eigenvalue weighted by Gasteiger charge is -2.42. The maximum Gasteiger partial charge on any atom is 0.238 e. The molecule has 6 rings (SSSR count). The van der Waals surface area contributed by atoms with Crippen LogP contribution in [0.1, 0.15) is 29.9 Å². The van der Waals surface area contributed by atoms with E-state index in [1.54, 1.807) is 48.5 Å². The molecule has 1 fully saturated rings. The van der Waals surface area contributed by atoms with Crippen molar-refractivity contribution in [1.82, 2.24) is 0 Å². The normalized spacial score (nSPS) is 26.9. The Morgan fingerprint density at radius 1 is 1.00 bits per heavy atom. The largest absolute Gasteiger partial charge is 0.508 e. The summed E-state index contributed by atoms with van der Waals surface area (Å²) < 4.78 is 0.184. The minimum atomic E-state index is -0.645. The summed E-state index contributed by atoms with van der Waals surface area (Å²) in [6, 6.07) is 13.7. The zero-order valence-electron chi connectivity index (χ0n) is 19.7. The molecule has 1 aliphatic heterocycles. The van der Waals surface area contributed by atoms with E-state index in [0.717, 1.165) is 11.1 Å². The summed E-state index contributed by atoms with van der Waals surface area (Å²) in [4.78, 5) is 55.1. The van der Waals surface area contributed by atoms with Gasteiger partial charge in [0.05, 0.1) is 22.0 Å². The molecule has 0 unspecified atom stereocenters. The summed E-state index contributed by atoms with van der Waals surface area (Å²) in [5.41, 5.74) is 3.65. The minimum absolute atomic E-state index is 0.0450. The van der Waals surface area contributed by atoms with Crippen LogP contribution in [0.15, 0.2) is 88.5 Å². The van der Waals surface area contributed by atoms with Gasteiger partial charge in [0, 0.05) is 23.1 Å². The lowest BCUT2D eigenvalue weighted by Crippen LogP contribution is -2.39. The van der Waals surface area contributed by atoms with Crippen LogP contribution in [-0.2, 0) is 19.2 Å². The molecule has 1 N–H and O–H groups in total. The highest BCUT2D eigenvalue weighted by atomic mass is 79.9. The first-order chi connectivity index (χ1) is 17.8. The number of phenolic OH excluding ortho intramolecular Hbond substituents is 1. The van der Waals surface area contributed by atoms with Gasteiger partial charge in [0.25, 0.3) is 0 Å². The van der Waals surface area contributed by atoms with Crippen molar-refractivity contribution in [3.8, 4) is 5.75 Å². The number of halogens is 1. The van der Waals surface area contributed by atoms with E-state index in [2.05, 4.69) is 22.5 Å². The average Bonchev–Trinajstić information content (AvgIpc) is 3.16. The number of allylic oxidation sites excluding steroid dienone is 6. The smallest absolute Gasteiger partial charge is 0.238 e. The Morgan fingerprint density at radius 2 is 1.76 bits per heavy atom. The number of carbonyl (C=O) groups excluding carboxylic acids is 4. The summed E-state index contributed by atoms with van der Waals surface area (Å²) in [5.74, 6) is -3.24. The molecule has 0 aromatic heterocycles. The van der Waals surface area contributed by atoms with Crippen molar-refractivity contribution in [2.24, 2.45) is 17.8 Å². The number of ketones is 2. The highest BCUT2D eigenvalue weighted by Gasteiger charge is 2.56. The third kappa shape index (κ3) is 3.52. The fourth-order valence-electron chi connectivity index (χ4n) is 6.30. The summed E-state index contributed by atoms with van der Waals surface area (Å²) >= 11 is 3.23. The number of Topliss-reactive ketones (excluding diaryl/α,β-unsaturated/α-hetero) is 1. The molecule has 184 valence electrons. The van der Waals surface area contributed by atoms with E-state index in [4.69, 9.17) is 0 Å². The van der Waals surface area contributed by atoms with Gasteiger partial charge < -0.3 is 5.11 Å². The first-order valence-corrected chi connectivity index (χ1v) is 12.9. The van der Waals surface area contributed by atoms with E-state index in [9.17, 15) is 24.3 Å². The standard InChI is InChI=1S/C30H22BrNO5/c1-2-15-6-8-17(9-7-15)32-29(36)20-11-10-19-21(26(20)30(32)37)13-22-27(24(34)14-23(31)28(22)35)25(19)16-4-3-5-18(33)12-16/h2-10,12,14,20-21,25-26,33H,1,11,13H2/t20-,21+,25-,26-/m0/s1. The van der Waals surface area contributed by atoms with Crippen LogP contribution in [-0.4, -0.2) is 28.5 Å². The lowest BCUT2D eigenvalue weighted by molar-refractivity contribution is -0.123. The second kappa shape index (κ2) is 8.63. The Balaban J connectivity index is 1.47. The van der Waals surface area contributed by atoms with Crippen molar-refractivity contribution in [2.75, 3.05) is 4.90 Å². The molecule has 7 heteroatoms. The van der Waals surface area contributed by atoms with Crippen LogP contribution >= 0.6 is 15.9 Å². The van der Waals surface area contributed by atoms with E-state index in [0.29, 0.717) is 28.8 Å². The topological polar surface area (TPSA) is 91.8 Å². The van der Waals surface area contributed by atoms with Crippen molar-refractivity contribution in [2.45, 2.75) is 18.8 Å². The minimum Gasteiger partial charge on any atom is -0.508 e. The second-order valence-electron chi connectivity index (χ2n) is 9.80. The highest BCUT2D eigenvalue weighted by molar-refractivity contribution is 9.12. The molecule has 3 aliphatic carbocycles. The van der Waals surface area contributed by atoms with Crippen LogP contribution in [0, 0.1) is 17.8 Å². The monoisotopic (exact) mass is 555 g/mol. The molecule has 0 bridgehead atoms. The molecule has 0 spiro atoms. The number of hydrogen-bond donors (Lipinski definition) is 1. The van der Waals surface area contributed by atoms with Gasteiger partial charge in [-0.2, -0.15) is 0 Å². The molecule has 0 saturated carbocycles. The number of aromatic hydroxyl groups is 1. The SMILES string of the molecule is C=Cc1ccc(N2C(=O)[C@H]3[C@H](CC=C4[C@H](c5cccc(O)c5)C5=C(C[C@H]43)C(=O)C(Br)=CC5=O)C2=O)cc1. The zero-order chi connectivity index (χ0) is 26.0. The van der Waals surface area contributed by atoms with Crippen molar-refractivity contribution >= 4 is 51.1 Å². The molecular formula is C30H22BrNO5. The Morgan fingerprint density at radius 3 is 2.46 bits per heavy atom. The van der Waals surface area contributed by atoms with E-state index in [-0.39, 0.29) is 40.0 Å². The maximum absolute atomic E-state index is 13.9. The van der Waals surface area contributed by atoms with Crippen LogP contribution in [0.2, 0.25) is 0 Å². The molecule has 37 heavy (non-hydrogen) atoms. The fraction of sp³-hybridized carbons (Fsp3) is 0.200. The number of carbonyl (C=O) groups is 4. The number of rotatable bonds is 3. The molecule has 2 aromatic rings. The first-order valence-electron chi connectivity index (χ1n) is 12.1. The van der Waals surface area contributed by atoms with Crippen LogP contribution in [0.25, 0.3) is 6.08 Å². The predicted octanol–water partition coefficient (Wildman–Crippen LogP) is 5.00. The zero-order valence-corrected chi connectivity index (χ0v) is 21.3. The molecule has 2 aromatic carbocycles. The molecule has 4 aliphatic rings. The van der Waals surface area contributed by atoms with Gasteiger partial charge >= 0.3 is 0 Å². The molecule has 6 nitrogen and oxygen atoms in total. The van der Waals surface area contributed by atoms with Gasteiger partial charge in [0.1, 0.15) is 5.75 Å². The number of hydrogen-bond acceptors (Lipinski definition) is 5. The Labute approximate surface area is 221 Å². The quantitative estimate of drug-likeness (QED) is 0.327. The van der Waals surface area contributed by atoms with E-state index in [1.807, 2.05) is 12.1 Å². The van der Waals surface area contributed by atoms with E-state index in [1.165, 1.54) is 11.0 Å². The fourth-order valence-corrected chi connectivity index (χ4v) is 6.75. The predicted molar refractivity (Wildman–Crippen MR) is 142 cm³/mol. The molecule has 1 saturated heterocycles. The summed E-state index contributed by atoms with van der Waals surface area (Å²) in [6.07, 6.45) is 5.51. The molecule has 1 heterocycles. The third-order valence-corrected chi connectivity index (χ3v) is 8.51. The van der Waals surface area contributed by atoms with Gasteiger partial charge in [-0.15, -0.1) is 0 Å². The van der Waals surface area contributed by atoms with Crippen LogP contribution in [0.5, 0.6) is 5.75 Å². The molecule has 0 radical (unpaired) electrons. The van der Waals surface area contributed by atoms with Gasteiger partial charge in [-0.25, -0.2) is 0 Å². The number of nitrogens with zero attached hydrogens (tertiary/aromatic N) is 1. The van der Waals surface area contributed by atoms with Crippen molar-refractivity contribution in [3.05, 3.63) is 99.6 Å². The van der Waals surface area contributed by atoms with Gasteiger partial charge in [-0.3, -0.25) is 24.1 Å². The average molecular weight is 556 g/mol.